The SMILES string of the molecule is CC(C)(C)OC(=O)N[C@@H](CCCN=C(N)N[N+](=O)[O-])C(=O)N1CCS[C@@H]1C(N)=O.Cl. The van der Waals surface area contributed by atoms with E-state index in [4.69, 9.17) is 16.2 Å². The largest absolute Gasteiger partial charge is 0.444 e. The van der Waals surface area contributed by atoms with E-state index in [1.165, 1.54) is 16.7 Å². The number of aliphatic imine (C=N–C) groups is 1. The Balaban J connectivity index is 0.00000841. The molecule has 2 atom stereocenters. The lowest BCUT2D eigenvalue weighted by Gasteiger charge is -2.28. The van der Waals surface area contributed by atoms with Crippen molar-refractivity contribution in [3.8, 4) is 0 Å². The number of hydrogen-bond donors (Lipinski definition) is 4. The molecule has 30 heavy (non-hydrogen) atoms. The zero-order valence-electron chi connectivity index (χ0n) is 17.0. The summed E-state index contributed by atoms with van der Waals surface area (Å²) in [7, 11) is 0. The van der Waals surface area contributed by atoms with Crippen LogP contribution in [0.3, 0.4) is 0 Å². The number of guanidine groups is 1. The van der Waals surface area contributed by atoms with Gasteiger partial charge in [0.25, 0.3) is 11.9 Å². The monoisotopic (exact) mass is 469 g/mol. The number of nitrogens with zero attached hydrogens (tertiary/aromatic N) is 3. The number of rotatable bonds is 8. The Morgan fingerprint density at radius 1 is 1.37 bits per heavy atom. The van der Waals surface area contributed by atoms with Gasteiger partial charge in [-0.3, -0.25) is 9.59 Å². The smallest absolute Gasteiger partial charge is 0.408 e. The van der Waals surface area contributed by atoms with E-state index in [1.807, 2.05) is 0 Å². The molecule has 1 aliphatic heterocycles. The van der Waals surface area contributed by atoms with E-state index in [0.717, 1.165) is 0 Å². The van der Waals surface area contributed by atoms with Gasteiger partial charge in [0.15, 0.2) is 10.4 Å². The third kappa shape index (κ3) is 9.82. The summed E-state index contributed by atoms with van der Waals surface area (Å²) in [5, 5.41) is 11.2. The number of primary amides is 1. The van der Waals surface area contributed by atoms with Crippen LogP contribution in [0.2, 0.25) is 0 Å². The Morgan fingerprint density at radius 3 is 2.53 bits per heavy atom. The topological polar surface area (TPSA) is 195 Å². The van der Waals surface area contributed by atoms with Crippen molar-refractivity contribution in [2.45, 2.75) is 50.6 Å². The molecule has 3 amide bonds. The number of amides is 3. The molecular formula is C15H28ClN7O6S. The lowest BCUT2D eigenvalue weighted by atomic mass is 10.1. The Hall–Kier alpha value is -2.48. The highest BCUT2D eigenvalue weighted by Crippen LogP contribution is 2.24. The number of halogens is 1. The average Bonchev–Trinajstić information content (AvgIpc) is 3.04. The number of nitro groups is 1. The maximum absolute atomic E-state index is 12.9. The molecule has 0 spiro atoms. The maximum atomic E-state index is 12.9. The van der Waals surface area contributed by atoms with Crippen LogP contribution in [0.25, 0.3) is 0 Å². The van der Waals surface area contributed by atoms with Gasteiger partial charge in [0.2, 0.25) is 5.91 Å². The Labute approximate surface area is 184 Å². The first kappa shape index (κ1) is 27.5. The van der Waals surface area contributed by atoms with Crippen molar-refractivity contribution in [2.24, 2.45) is 16.5 Å². The standard InChI is InChI=1S/C15H27N7O6S.ClH/c1-15(2,3)28-14(25)19-9(5-4-6-18-13(17)20-22(26)27)11(24)21-7-8-29-12(21)10(16)23;/h9,12H,4-8H2,1-3H3,(H2,16,23)(H,19,25)(H3,17,18,20);1H/t9-,12+;/m0./s1. The molecule has 0 aromatic carbocycles. The highest BCUT2D eigenvalue weighted by molar-refractivity contribution is 8.00. The second-order valence-corrected chi connectivity index (χ2v) is 8.32. The molecule has 1 saturated heterocycles. The molecule has 0 aromatic heterocycles. The predicted octanol–water partition coefficient (Wildman–Crippen LogP) is -0.435. The van der Waals surface area contributed by atoms with E-state index in [1.54, 1.807) is 26.2 Å². The maximum Gasteiger partial charge on any atom is 0.408 e. The van der Waals surface area contributed by atoms with Crippen LogP contribution in [0.5, 0.6) is 0 Å². The van der Waals surface area contributed by atoms with Gasteiger partial charge in [-0.25, -0.2) is 19.9 Å². The van der Waals surface area contributed by atoms with E-state index in [9.17, 15) is 24.5 Å². The summed E-state index contributed by atoms with van der Waals surface area (Å²) in [4.78, 5) is 52.0. The van der Waals surface area contributed by atoms with Crippen molar-refractivity contribution in [3.05, 3.63) is 10.1 Å². The van der Waals surface area contributed by atoms with Gasteiger partial charge in [-0.1, -0.05) is 5.43 Å². The molecule has 0 bridgehead atoms. The number of hydrazine groups is 1. The number of hydrogen-bond acceptors (Lipinski definition) is 8. The van der Waals surface area contributed by atoms with Crippen LogP contribution < -0.4 is 22.2 Å². The molecule has 172 valence electrons. The normalized spacial score (nSPS) is 17.5. The highest BCUT2D eigenvalue weighted by Gasteiger charge is 2.37. The van der Waals surface area contributed by atoms with Crippen molar-refractivity contribution in [3.63, 3.8) is 0 Å². The fraction of sp³-hybridized carbons (Fsp3) is 0.733. The number of nitrogens with one attached hydrogen (secondary N) is 2. The molecule has 0 unspecified atom stereocenters. The fourth-order valence-corrected chi connectivity index (χ4v) is 3.54. The fourth-order valence-electron chi connectivity index (χ4n) is 2.46. The molecule has 1 heterocycles. The van der Waals surface area contributed by atoms with Crippen molar-refractivity contribution in [1.29, 1.82) is 0 Å². The van der Waals surface area contributed by atoms with E-state index in [2.05, 4.69) is 10.3 Å². The van der Waals surface area contributed by atoms with Crippen LogP contribution >= 0.6 is 24.2 Å². The van der Waals surface area contributed by atoms with Crippen LogP contribution in [0, 0.1) is 10.1 Å². The molecule has 0 saturated carbocycles. The molecule has 1 aliphatic rings. The minimum atomic E-state index is -0.981. The van der Waals surface area contributed by atoms with Gasteiger partial charge in [-0.05, 0) is 33.6 Å². The first-order valence-corrected chi connectivity index (χ1v) is 9.87. The Kier molecular flexibility index (Phi) is 11.3. The molecule has 15 heteroatoms. The van der Waals surface area contributed by atoms with Crippen molar-refractivity contribution in [2.75, 3.05) is 18.8 Å². The lowest BCUT2D eigenvalue weighted by molar-refractivity contribution is -0.525. The van der Waals surface area contributed by atoms with Crippen LogP contribution in [0.4, 0.5) is 4.79 Å². The first-order valence-electron chi connectivity index (χ1n) is 8.82. The van der Waals surface area contributed by atoms with Crippen molar-refractivity contribution < 1.29 is 24.2 Å². The molecule has 0 radical (unpaired) electrons. The molecule has 13 nitrogen and oxygen atoms in total. The second kappa shape index (κ2) is 12.3. The number of alkyl carbamates (subject to hydrolysis) is 1. The van der Waals surface area contributed by atoms with E-state index in [-0.39, 0.29) is 37.8 Å². The molecule has 1 rings (SSSR count). The van der Waals surface area contributed by atoms with Crippen LogP contribution in [-0.4, -0.2) is 69.7 Å². The van der Waals surface area contributed by atoms with E-state index in [0.29, 0.717) is 12.3 Å². The summed E-state index contributed by atoms with van der Waals surface area (Å²) < 4.78 is 5.19. The number of carbonyl (C=O) groups excluding carboxylic acids is 3. The van der Waals surface area contributed by atoms with E-state index < -0.39 is 40.0 Å². The quantitative estimate of drug-likeness (QED) is 0.120. The number of ether oxygens (including phenoxy) is 1. The zero-order chi connectivity index (χ0) is 22.2. The zero-order valence-corrected chi connectivity index (χ0v) is 18.6. The van der Waals surface area contributed by atoms with Crippen molar-refractivity contribution >= 4 is 48.0 Å². The summed E-state index contributed by atoms with van der Waals surface area (Å²) in [6.07, 6.45) is -0.342. The average molecular weight is 470 g/mol. The molecule has 0 aromatic rings. The molecule has 6 N–H and O–H groups in total. The highest BCUT2D eigenvalue weighted by atomic mass is 35.5. The first-order chi connectivity index (χ1) is 13.4. The van der Waals surface area contributed by atoms with E-state index >= 15 is 0 Å². The third-order valence-electron chi connectivity index (χ3n) is 3.55. The number of carbonyl (C=O) groups is 3. The van der Waals surface area contributed by atoms with Gasteiger partial charge in [-0.2, -0.15) is 0 Å². The summed E-state index contributed by atoms with van der Waals surface area (Å²) in [6, 6.07) is -0.981. The van der Waals surface area contributed by atoms with Crippen LogP contribution in [-0.2, 0) is 14.3 Å². The Morgan fingerprint density at radius 2 is 2.00 bits per heavy atom. The molecule has 0 aliphatic carbocycles. The second-order valence-electron chi connectivity index (χ2n) is 7.13. The minimum Gasteiger partial charge on any atom is -0.444 e. The summed E-state index contributed by atoms with van der Waals surface area (Å²) >= 11 is 1.25. The molecular weight excluding hydrogens is 442 g/mol. The van der Waals surface area contributed by atoms with Gasteiger partial charge in [0, 0.05) is 18.8 Å². The van der Waals surface area contributed by atoms with Crippen molar-refractivity contribution in [1.82, 2.24) is 15.6 Å². The van der Waals surface area contributed by atoms with Gasteiger partial charge >= 0.3 is 6.09 Å². The predicted molar refractivity (Wildman–Crippen MR) is 113 cm³/mol. The summed E-state index contributed by atoms with van der Waals surface area (Å²) in [6.45, 7) is 5.46. The summed E-state index contributed by atoms with van der Waals surface area (Å²) in [5.41, 5.74) is 11.6. The lowest BCUT2D eigenvalue weighted by Crippen LogP contribution is -2.53. The van der Waals surface area contributed by atoms with Gasteiger partial charge in [-0.15, -0.1) is 24.2 Å². The number of thioether (sulfide) groups is 1. The Bertz CT molecular complexity index is 672. The number of nitrogens with two attached hydrogens (primary N) is 2. The van der Waals surface area contributed by atoms with Crippen LogP contribution in [0.1, 0.15) is 33.6 Å². The minimum absolute atomic E-state index is 0. The van der Waals surface area contributed by atoms with Crippen LogP contribution in [0.15, 0.2) is 4.99 Å². The third-order valence-corrected chi connectivity index (χ3v) is 4.77. The summed E-state index contributed by atoms with van der Waals surface area (Å²) in [5.74, 6) is -0.931. The molecule has 1 fully saturated rings. The van der Waals surface area contributed by atoms with Gasteiger partial charge < -0.3 is 26.4 Å². The van der Waals surface area contributed by atoms with Gasteiger partial charge in [0.05, 0.1) is 0 Å². The van der Waals surface area contributed by atoms with Gasteiger partial charge in [0.1, 0.15) is 11.6 Å².